The normalized spacial score (nSPS) is 27.7. The molecule has 13 heavy (non-hydrogen) atoms. The number of hydrogen-bond donors (Lipinski definition) is 2. The Bertz CT molecular complexity index is 299. The SMILES string of the molecule is O=C(O)C1(c2ccco2)CCCN1. The molecule has 2 heterocycles. The van der Waals surface area contributed by atoms with Crippen LogP contribution >= 0.6 is 0 Å². The van der Waals surface area contributed by atoms with Gasteiger partial charge in [0.25, 0.3) is 0 Å². The van der Waals surface area contributed by atoms with Crippen LogP contribution in [0.3, 0.4) is 0 Å². The molecule has 0 radical (unpaired) electrons. The van der Waals surface area contributed by atoms with E-state index in [-0.39, 0.29) is 0 Å². The number of carboxylic acid groups (broad SMARTS) is 1. The highest BCUT2D eigenvalue weighted by Gasteiger charge is 2.45. The van der Waals surface area contributed by atoms with Gasteiger partial charge >= 0.3 is 5.97 Å². The largest absolute Gasteiger partial charge is 0.480 e. The van der Waals surface area contributed by atoms with Crippen LogP contribution in [0.1, 0.15) is 18.6 Å². The summed E-state index contributed by atoms with van der Waals surface area (Å²) in [5.74, 6) is -0.363. The van der Waals surface area contributed by atoms with E-state index in [0.29, 0.717) is 12.2 Å². The maximum atomic E-state index is 11.1. The summed E-state index contributed by atoms with van der Waals surface area (Å²) in [5, 5.41) is 12.1. The average molecular weight is 181 g/mol. The Morgan fingerprint density at radius 3 is 3.00 bits per heavy atom. The van der Waals surface area contributed by atoms with Gasteiger partial charge in [-0.3, -0.25) is 5.32 Å². The van der Waals surface area contributed by atoms with Gasteiger partial charge in [0.1, 0.15) is 5.76 Å². The zero-order valence-corrected chi connectivity index (χ0v) is 7.12. The smallest absolute Gasteiger partial charge is 0.331 e. The van der Waals surface area contributed by atoms with Crippen molar-refractivity contribution in [3.8, 4) is 0 Å². The van der Waals surface area contributed by atoms with Crippen LogP contribution in [0.4, 0.5) is 0 Å². The lowest BCUT2D eigenvalue weighted by Crippen LogP contribution is -2.44. The predicted molar refractivity (Wildman–Crippen MR) is 45.3 cm³/mol. The van der Waals surface area contributed by atoms with Crippen molar-refractivity contribution in [3.63, 3.8) is 0 Å². The Balaban J connectivity index is 2.39. The van der Waals surface area contributed by atoms with E-state index in [2.05, 4.69) is 5.32 Å². The topological polar surface area (TPSA) is 62.5 Å². The number of carboxylic acids is 1. The standard InChI is InChI=1S/C9H11NO3/c11-8(12)9(4-2-5-10-9)7-3-1-6-13-7/h1,3,6,10H,2,4-5H2,(H,11,12). The second-order valence-corrected chi connectivity index (χ2v) is 3.22. The first kappa shape index (κ1) is 8.31. The highest BCUT2D eigenvalue weighted by molar-refractivity contribution is 5.80. The van der Waals surface area contributed by atoms with Gasteiger partial charge in [-0.15, -0.1) is 0 Å². The monoisotopic (exact) mass is 181 g/mol. The summed E-state index contributed by atoms with van der Waals surface area (Å²) in [4.78, 5) is 11.1. The van der Waals surface area contributed by atoms with E-state index in [1.807, 2.05) is 0 Å². The molecule has 1 aliphatic heterocycles. The predicted octanol–water partition coefficient (Wildman–Crippen LogP) is 0.943. The molecule has 2 N–H and O–H groups in total. The van der Waals surface area contributed by atoms with Crippen LogP contribution in [-0.2, 0) is 10.3 Å². The van der Waals surface area contributed by atoms with Gasteiger partial charge in [-0.1, -0.05) is 0 Å². The molecule has 0 amide bonds. The molecule has 1 aromatic rings. The molecule has 4 nitrogen and oxygen atoms in total. The van der Waals surface area contributed by atoms with Gasteiger partial charge in [0, 0.05) is 0 Å². The van der Waals surface area contributed by atoms with Crippen LogP contribution in [0, 0.1) is 0 Å². The van der Waals surface area contributed by atoms with E-state index in [1.165, 1.54) is 6.26 Å². The zero-order chi connectivity index (χ0) is 9.31. The van der Waals surface area contributed by atoms with E-state index >= 15 is 0 Å². The number of nitrogens with one attached hydrogen (secondary N) is 1. The van der Waals surface area contributed by atoms with Crippen molar-refractivity contribution in [1.29, 1.82) is 0 Å². The van der Waals surface area contributed by atoms with Crippen molar-refractivity contribution in [3.05, 3.63) is 24.2 Å². The fourth-order valence-corrected chi connectivity index (χ4v) is 1.76. The molecular formula is C9H11NO3. The second-order valence-electron chi connectivity index (χ2n) is 3.22. The quantitative estimate of drug-likeness (QED) is 0.712. The molecular weight excluding hydrogens is 170 g/mol. The van der Waals surface area contributed by atoms with Crippen molar-refractivity contribution in [2.75, 3.05) is 6.54 Å². The molecule has 1 aromatic heterocycles. The number of aliphatic carboxylic acids is 1. The fourth-order valence-electron chi connectivity index (χ4n) is 1.76. The average Bonchev–Trinajstić information content (AvgIpc) is 2.75. The molecule has 0 aromatic carbocycles. The summed E-state index contributed by atoms with van der Waals surface area (Å²) in [6.45, 7) is 0.729. The Labute approximate surface area is 75.6 Å². The molecule has 1 unspecified atom stereocenters. The minimum Gasteiger partial charge on any atom is -0.480 e. The fraction of sp³-hybridized carbons (Fsp3) is 0.444. The number of rotatable bonds is 2. The molecule has 70 valence electrons. The van der Waals surface area contributed by atoms with E-state index in [0.717, 1.165) is 13.0 Å². The van der Waals surface area contributed by atoms with E-state index in [9.17, 15) is 4.79 Å². The van der Waals surface area contributed by atoms with Crippen LogP contribution in [0.25, 0.3) is 0 Å². The zero-order valence-electron chi connectivity index (χ0n) is 7.12. The van der Waals surface area contributed by atoms with Gasteiger partial charge in [-0.25, -0.2) is 4.79 Å². The summed E-state index contributed by atoms with van der Waals surface area (Å²) in [6, 6.07) is 3.41. The molecule has 0 aliphatic carbocycles. The van der Waals surface area contributed by atoms with Crippen molar-refractivity contribution in [2.45, 2.75) is 18.4 Å². The van der Waals surface area contributed by atoms with Crippen molar-refractivity contribution < 1.29 is 14.3 Å². The van der Waals surface area contributed by atoms with Gasteiger partial charge in [0.05, 0.1) is 6.26 Å². The third-order valence-corrected chi connectivity index (χ3v) is 2.46. The Kier molecular flexibility index (Phi) is 1.84. The van der Waals surface area contributed by atoms with Crippen molar-refractivity contribution in [1.82, 2.24) is 5.32 Å². The van der Waals surface area contributed by atoms with Gasteiger partial charge in [0.2, 0.25) is 0 Å². The minimum atomic E-state index is -0.983. The molecule has 1 fully saturated rings. The molecule has 1 aliphatic rings. The molecule has 1 saturated heterocycles. The minimum absolute atomic E-state index is 0.498. The Morgan fingerprint density at radius 2 is 2.54 bits per heavy atom. The first-order chi connectivity index (χ1) is 6.26. The van der Waals surface area contributed by atoms with Gasteiger partial charge in [-0.2, -0.15) is 0 Å². The third-order valence-electron chi connectivity index (χ3n) is 2.46. The van der Waals surface area contributed by atoms with Crippen LogP contribution in [-0.4, -0.2) is 17.6 Å². The molecule has 4 heteroatoms. The summed E-state index contributed by atoms with van der Waals surface area (Å²) in [6.07, 6.45) is 2.96. The number of furan rings is 1. The maximum Gasteiger partial charge on any atom is 0.331 e. The molecule has 0 spiro atoms. The molecule has 0 bridgehead atoms. The van der Waals surface area contributed by atoms with E-state index in [1.54, 1.807) is 12.1 Å². The number of hydrogen-bond acceptors (Lipinski definition) is 3. The lowest BCUT2D eigenvalue weighted by atomic mass is 9.95. The van der Waals surface area contributed by atoms with Crippen LogP contribution in [0.15, 0.2) is 22.8 Å². The van der Waals surface area contributed by atoms with Crippen LogP contribution in [0.2, 0.25) is 0 Å². The Morgan fingerprint density at radius 1 is 1.69 bits per heavy atom. The van der Waals surface area contributed by atoms with Crippen molar-refractivity contribution in [2.24, 2.45) is 0 Å². The third kappa shape index (κ3) is 1.14. The highest BCUT2D eigenvalue weighted by atomic mass is 16.4. The van der Waals surface area contributed by atoms with Crippen molar-refractivity contribution >= 4 is 5.97 Å². The van der Waals surface area contributed by atoms with Crippen LogP contribution < -0.4 is 5.32 Å². The summed E-state index contributed by atoms with van der Waals surface area (Å²) < 4.78 is 5.14. The van der Waals surface area contributed by atoms with Gasteiger partial charge < -0.3 is 9.52 Å². The maximum absolute atomic E-state index is 11.1. The summed E-state index contributed by atoms with van der Waals surface area (Å²) in [5.41, 5.74) is -0.983. The van der Waals surface area contributed by atoms with E-state index in [4.69, 9.17) is 9.52 Å². The number of carbonyl (C=O) groups is 1. The molecule has 1 atom stereocenters. The lowest BCUT2D eigenvalue weighted by molar-refractivity contribution is -0.145. The first-order valence-corrected chi connectivity index (χ1v) is 4.28. The second kappa shape index (κ2) is 2.88. The van der Waals surface area contributed by atoms with Gasteiger partial charge in [0.15, 0.2) is 5.54 Å². The molecule has 0 saturated carbocycles. The van der Waals surface area contributed by atoms with E-state index < -0.39 is 11.5 Å². The van der Waals surface area contributed by atoms with Crippen LogP contribution in [0.5, 0.6) is 0 Å². The lowest BCUT2D eigenvalue weighted by Gasteiger charge is -2.21. The Hall–Kier alpha value is -1.29. The van der Waals surface area contributed by atoms with Gasteiger partial charge in [-0.05, 0) is 31.5 Å². The highest BCUT2D eigenvalue weighted by Crippen LogP contribution is 2.31. The summed E-state index contributed by atoms with van der Waals surface area (Å²) in [7, 11) is 0. The first-order valence-electron chi connectivity index (χ1n) is 4.28. The summed E-state index contributed by atoms with van der Waals surface area (Å²) >= 11 is 0. The molecule has 2 rings (SSSR count).